The van der Waals surface area contributed by atoms with Gasteiger partial charge in [0.15, 0.2) is 0 Å². The van der Waals surface area contributed by atoms with Gasteiger partial charge in [0.05, 0.1) is 22.4 Å². The van der Waals surface area contributed by atoms with Crippen LogP contribution < -0.4 is 9.64 Å². The van der Waals surface area contributed by atoms with Crippen molar-refractivity contribution in [1.29, 1.82) is 0 Å². The van der Waals surface area contributed by atoms with Crippen molar-refractivity contribution >= 4 is 39.0 Å². The second-order valence-corrected chi connectivity index (χ2v) is 11.2. The van der Waals surface area contributed by atoms with Gasteiger partial charge in [0.1, 0.15) is 23.1 Å². The molecule has 4 heterocycles. The van der Waals surface area contributed by atoms with Gasteiger partial charge < -0.3 is 4.74 Å². The number of rotatable bonds is 4. The molecule has 0 aliphatic carbocycles. The summed E-state index contributed by atoms with van der Waals surface area (Å²) in [6.07, 6.45) is 3.67. The molecule has 1 aliphatic heterocycles. The Morgan fingerprint density at radius 1 is 0.558 bits per heavy atom. The van der Waals surface area contributed by atoms with Gasteiger partial charge in [0, 0.05) is 46.9 Å². The first-order valence-corrected chi connectivity index (χ1v) is 14.2. The number of fused-ring (bicyclic) bond motifs is 5. The first-order chi connectivity index (χ1) is 20.6. The number of pyridine rings is 2. The van der Waals surface area contributed by atoms with Crippen molar-refractivity contribution in [1.82, 2.24) is 14.5 Å². The van der Waals surface area contributed by atoms with E-state index in [0.717, 1.165) is 50.9 Å². The molecule has 0 saturated carbocycles. The summed E-state index contributed by atoms with van der Waals surface area (Å²) in [6.45, 7) is 4.57. The molecule has 8 rings (SSSR count). The van der Waals surface area contributed by atoms with Gasteiger partial charge in [0.25, 0.3) is 0 Å². The van der Waals surface area contributed by atoms with Crippen LogP contribution >= 0.6 is 0 Å². The first kappa shape index (κ1) is 26.4. The van der Waals surface area contributed by atoms with Crippen molar-refractivity contribution < 1.29 is 10.9 Å². The van der Waals surface area contributed by atoms with Gasteiger partial charge in [-0.1, -0.05) is 68.4 Å². The zero-order chi connectivity index (χ0) is 28.3. The predicted octanol–water partition coefficient (Wildman–Crippen LogP) is 9.48. The standard InChI is InChI=1S/C37H28N4O.Ne/c1-37(2)29-12-4-6-14-32(29)41(36-16-8-10-22-39-36)34-24-26(18-20-30(34)37)42-25-17-19-28-27-11-3-5-13-31(27)40(33(28)23-25)35-15-7-9-21-38-35;/h3-24H,1-2H3;. The van der Waals surface area contributed by atoms with Crippen LogP contribution in [0.3, 0.4) is 0 Å². The monoisotopic (exact) mass is 564 g/mol. The largest absolute Gasteiger partial charge is 0.457 e. The van der Waals surface area contributed by atoms with E-state index in [2.05, 4.69) is 113 Å². The second kappa shape index (κ2) is 10.1. The predicted molar refractivity (Wildman–Crippen MR) is 170 cm³/mol. The first-order valence-electron chi connectivity index (χ1n) is 14.2. The maximum Gasteiger partial charge on any atom is 0.137 e. The Morgan fingerprint density at radius 2 is 1.19 bits per heavy atom. The molecule has 1 aliphatic rings. The molecule has 0 amide bonds. The number of aromatic nitrogens is 3. The molecule has 0 radical (unpaired) electrons. The molecule has 0 fully saturated rings. The van der Waals surface area contributed by atoms with E-state index in [1.165, 1.54) is 16.5 Å². The van der Waals surface area contributed by atoms with Crippen molar-refractivity contribution in [3.63, 3.8) is 0 Å². The molecule has 210 valence electrons. The third kappa shape index (κ3) is 4.13. The van der Waals surface area contributed by atoms with Crippen LogP contribution in [0.25, 0.3) is 27.6 Å². The van der Waals surface area contributed by atoms with Crippen LogP contribution in [0.1, 0.15) is 25.0 Å². The van der Waals surface area contributed by atoms with Crippen molar-refractivity contribution in [3.05, 3.63) is 145 Å². The van der Waals surface area contributed by atoms with Crippen LogP contribution in [0.2, 0.25) is 0 Å². The molecule has 5 nitrogen and oxygen atoms in total. The van der Waals surface area contributed by atoms with Gasteiger partial charge in [-0.25, -0.2) is 9.97 Å². The van der Waals surface area contributed by atoms with E-state index in [9.17, 15) is 0 Å². The SMILES string of the molecule is CC1(C)c2ccccc2N(c2ccccn2)c2cc(Oc3ccc4c5ccccc5n(-c5ccccn5)c4c3)ccc21.[Ne]. The van der Waals surface area contributed by atoms with Crippen LogP contribution in [0.4, 0.5) is 17.2 Å². The summed E-state index contributed by atoms with van der Waals surface area (Å²) in [4.78, 5) is 11.6. The zero-order valence-corrected chi connectivity index (χ0v) is 23.8. The molecule has 7 aromatic rings. The second-order valence-electron chi connectivity index (χ2n) is 11.2. The molecule has 0 saturated heterocycles. The number of hydrogen-bond acceptors (Lipinski definition) is 4. The fraction of sp³-hybridized carbons (Fsp3) is 0.0811. The molecule has 0 atom stereocenters. The Hall–Kier alpha value is -5.51. The van der Waals surface area contributed by atoms with Crippen molar-refractivity contribution in [2.24, 2.45) is 0 Å². The molecule has 3 aromatic heterocycles. The average Bonchev–Trinajstić information content (AvgIpc) is 3.36. The Balaban J connectivity index is 0.00000300. The quantitative estimate of drug-likeness (QED) is 0.213. The van der Waals surface area contributed by atoms with Crippen molar-refractivity contribution in [2.75, 3.05) is 4.90 Å². The van der Waals surface area contributed by atoms with Gasteiger partial charge in [-0.3, -0.25) is 9.47 Å². The fourth-order valence-corrected chi connectivity index (χ4v) is 6.38. The van der Waals surface area contributed by atoms with Crippen LogP contribution in [-0.2, 0) is 5.41 Å². The molecular formula is C37H28N4NeO. The van der Waals surface area contributed by atoms with E-state index in [-0.39, 0.29) is 11.6 Å². The van der Waals surface area contributed by atoms with Gasteiger partial charge >= 0.3 is 0 Å². The molecule has 0 unspecified atom stereocenters. The fourth-order valence-electron chi connectivity index (χ4n) is 6.38. The minimum Gasteiger partial charge on any atom is -0.457 e. The summed E-state index contributed by atoms with van der Waals surface area (Å²) in [5.74, 6) is 3.29. The third-order valence-electron chi connectivity index (χ3n) is 8.34. The van der Waals surface area contributed by atoms with Gasteiger partial charge in [-0.05, 0) is 65.7 Å². The molecule has 43 heavy (non-hydrogen) atoms. The average molecular weight is 565 g/mol. The van der Waals surface area contributed by atoms with E-state index in [1.807, 2.05) is 48.8 Å². The molecule has 4 aromatic carbocycles. The maximum absolute atomic E-state index is 6.60. The van der Waals surface area contributed by atoms with Crippen LogP contribution in [0, 0.1) is 6.15 Å². The summed E-state index contributed by atoms with van der Waals surface area (Å²) in [5.41, 5.74) is 6.68. The minimum absolute atomic E-state index is 0. The molecule has 6 heteroatoms. The van der Waals surface area contributed by atoms with E-state index in [1.54, 1.807) is 0 Å². The summed E-state index contributed by atoms with van der Waals surface area (Å²) in [6, 6.07) is 41.8. The number of benzene rings is 4. The number of anilines is 3. The third-order valence-corrected chi connectivity index (χ3v) is 8.34. The van der Waals surface area contributed by atoms with Crippen molar-refractivity contribution in [3.8, 4) is 17.3 Å². The Morgan fingerprint density at radius 3 is 1.98 bits per heavy atom. The van der Waals surface area contributed by atoms with E-state index >= 15 is 0 Å². The Kier molecular flexibility index (Phi) is 6.19. The Bertz CT molecular complexity index is 2110. The van der Waals surface area contributed by atoms with Gasteiger partial charge in [0.2, 0.25) is 0 Å². The van der Waals surface area contributed by atoms with E-state index < -0.39 is 0 Å². The zero-order valence-electron chi connectivity index (χ0n) is 23.8. The summed E-state index contributed by atoms with van der Waals surface area (Å²) in [5, 5.41) is 2.35. The van der Waals surface area contributed by atoms with Crippen molar-refractivity contribution in [2.45, 2.75) is 19.3 Å². The number of para-hydroxylation sites is 2. The van der Waals surface area contributed by atoms with Crippen LogP contribution in [-0.4, -0.2) is 14.5 Å². The summed E-state index contributed by atoms with van der Waals surface area (Å²) >= 11 is 0. The van der Waals surface area contributed by atoms with Gasteiger partial charge in [-0.15, -0.1) is 0 Å². The number of hydrogen-bond donors (Lipinski definition) is 0. The molecular weight excluding hydrogens is 537 g/mol. The Labute approximate surface area is 250 Å². The molecule has 0 spiro atoms. The summed E-state index contributed by atoms with van der Waals surface area (Å²) in [7, 11) is 0. The molecule has 0 N–H and O–H groups in total. The normalized spacial score (nSPS) is 13.3. The number of nitrogens with zero attached hydrogens (tertiary/aromatic N) is 4. The van der Waals surface area contributed by atoms with Crippen LogP contribution in [0.15, 0.2) is 134 Å². The topological polar surface area (TPSA) is 43.2 Å². The molecule has 0 bridgehead atoms. The minimum atomic E-state index is -0.182. The maximum atomic E-state index is 6.60. The van der Waals surface area contributed by atoms with Gasteiger partial charge in [-0.2, -0.15) is 0 Å². The summed E-state index contributed by atoms with van der Waals surface area (Å²) < 4.78 is 8.80. The van der Waals surface area contributed by atoms with E-state index in [4.69, 9.17) is 9.72 Å². The number of ether oxygens (including phenoxy) is 1. The smallest absolute Gasteiger partial charge is 0.137 e. The van der Waals surface area contributed by atoms with Crippen LogP contribution in [0.5, 0.6) is 11.5 Å². The van der Waals surface area contributed by atoms with E-state index in [0.29, 0.717) is 0 Å².